The molecule has 0 unspecified atom stereocenters. The Morgan fingerprint density at radius 2 is 1.89 bits per heavy atom. The van der Waals surface area contributed by atoms with Crippen LogP contribution >= 0.6 is 0 Å². The summed E-state index contributed by atoms with van der Waals surface area (Å²) in [5.74, 6) is 0.318. The number of ketones is 1. The van der Waals surface area contributed by atoms with Gasteiger partial charge in [0.1, 0.15) is 5.78 Å². The van der Waals surface area contributed by atoms with Crippen molar-refractivity contribution in [3.8, 4) is 0 Å². The molecule has 9 heavy (non-hydrogen) atoms. The Balaban J connectivity index is 0. The third-order valence-corrected chi connectivity index (χ3v) is 1.13. The average molecular weight is 137 g/mol. The van der Waals surface area contributed by atoms with Gasteiger partial charge in [0, 0.05) is 36.0 Å². The SMILES string of the molecule is CCCCCC(C)=O.[Na]. The maximum atomic E-state index is 10.3. The molecule has 0 fully saturated rings. The van der Waals surface area contributed by atoms with Crippen LogP contribution in [0.1, 0.15) is 39.5 Å². The van der Waals surface area contributed by atoms with Crippen molar-refractivity contribution < 1.29 is 4.79 Å². The quantitative estimate of drug-likeness (QED) is 0.426. The fraction of sp³-hybridized carbons (Fsp3) is 0.857. The van der Waals surface area contributed by atoms with Crippen molar-refractivity contribution in [1.29, 1.82) is 0 Å². The maximum Gasteiger partial charge on any atom is 0.129 e. The van der Waals surface area contributed by atoms with Gasteiger partial charge in [0.2, 0.25) is 0 Å². The van der Waals surface area contributed by atoms with Gasteiger partial charge in [0.15, 0.2) is 0 Å². The van der Waals surface area contributed by atoms with Crippen molar-refractivity contribution in [2.45, 2.75) is 39.5 Å². The number of Topliss-reactive ketones (excluding diaryl/α,β-unsaturated/α-hetero) is 1. The predicted molar refractivity (Wildman–Crippen MR) is 40.6 cm³/mol. The molecule has 0 saturated heterocycles. The van der Waals surface area contributed by atoms with E-state index < -0.39 is 0 Å². The van der Waals surface area contributed by atoms with Crippen LogP contribution in [-0.2, 0) is 4.79 Å². The number of carbonyl (C=O) groups is 1. The van der Waals surface area contributed by atoms with Gasteiger partial charge in [-0.05, 0) is 13.3 Å². The summed E-state index contributed by atoms with van der Waals surface area (Å²) in [5, 5.41) is 0. The van der Waals surface area contributed by atoms with Crippen LogP contribution in [0.15, 0.2) is 0 Å². The van der Waals surface area contributed by atoms with Crippen molar-refractivity contribution in [2.75, 3.05) is 0 Å². The molecule has 2 heteroatoms. The summed E-state index contributed by atoms with van der Waals surface area (Å²) in [5.41, 5.74) is 0. The van der Waals surface area contributed by atoms with Crippen LogP contribution in [0.4, 0.5) is 0 Å². The van der Waals surface area contributed by atoms with Gasteiger partial charge in [-0.25, -0.2) is 0 Å². The molecule has 0 aromatic rings. The van der Waals surface area contributed by atoms with Crippen molar-refractivity contribution in [3.05, 3.63) is 0 Å². The fourth-order valence-corrected chi connectivity index (χ4v) is 0.624. The summed E-state index contributed by atoms with van der Waals surface area (Å²) < 4.78 is 0. The average Bonchev–Trinajstić information content (AvgIpc) is 1.66. The zero-order valence-corrected chi connectivity index (χ0v) is 8.74. The van der Waals surface area contributed by atoms with Crippen LogP contribution < -0.4 is 0 Å². The fourth-order valence-electron chi connectivity index (χ4n) is 0.624. The van der Waals surface area contributed by atoms with Gasteiger partial charge in [-0.1, -0.05) is 19.8 Å². The summed E-state index contributed by atoms with van der Waals surface area (Å²) in [7, 11) is 0. The molecule has 0 aliphatic heterocycles. The second-order valence-corrected chi connectivity index (χ2v) is 2.16. The molecule has 0 aromatic carbocycles. The first kappa shape index (κ1) is 12.4. The van der Waals surface area contributed by atoms with E-state index in [1.165, 1.54) is 12.8 Å². The van der Waals surface area contributed by atoms with Crippen LogP contribution in [0.5, 0.6) is 0 Å². The molecular formula is C7H14NaO. The standard InChI is InChI=1S/C7H14O.Na/c1-3-4-5-6-7(2)8;/h3-6H2,1-2H3;. The van der Waals surface area contributed by atoms with Crippen LogP contribution in [0, 0.1) is 0 Å². The van der Waals surface area contributed by atoms with E-state index in [1.54, 1.807) is 6.92 Å². The number of hydrogen-bond acceptors (Lipinski definition) is 1. The molecule has 0 heterocycles. The van der Waals surface area contributed by atoms with Gasteiger partial charge in [0.05, 0.1) is 0 Å². The zero-order chi connectivity index (χ0) is 6.41. The largest absolute Gasteiger partial charge is 0.300 e. The third kappa shape index (κ3) is 12.0. The van der Waals surface area contributed by atoms with E-state index in [-0.39, 0.29) is 29.6 Å². The van der Waals surface area contributed by atoms with E-state index in [9.17, 15) is 4.79 Å². The first-order chi connectivity index (χ1) is 3.77. The Morgan fingerprint density at radius 3 is 2.22 bits per heavy atom. The van der Waals surface area contributed by atoms with Crippen LogP contribution in [0.2, 0.25) is 0 Å². The molecular weight excluding hydrogens is 123 g/mol. The molecule has 0 N–H and O–H groups in total. The minimum atomic E-state index is 0. The number of carbonyl (C=O) groups excluding carboxylic acids is 1. The van der Waals surface area contributed by atoms with E-state index in [1.807, 2.05) is 0 Å². The molecule has 0 aliphatic rings. The first-order valence-corrected chi connectivity index (χ1v) is 3.26. The third-order valence-electron chi connectivity index (χ3n) is 1.13. The molecule has 0 aliphatic carbocycles. The Labute approximate surface area is 79.5 Å². The number of unbranched alkanes of at least 4 members (excludes halogenated alkanes) is 2. The van der Waals surface area contributed by atoms with Crippen LogP contribution in [-0.4, -0.2) is 35.3 Å². The second-order valence-electron chi connectivity index (χ2n) is 2.16. The van der Waals surface area contributed by atoms with Crippen LogP contribution in [0.25, 0.3) is 0 Å². The Kier molecular flexibility index (Phi) is 11.9. The molecule has 0 spiro atoms. The second kappa shape index (κ2) is 8.67. The zero-order valence-electron chi connectivity index (χ0n) is 6.74. The summed E-state index contributed by atoms with van der Waals surface area (Å²) >= 11 is 0. The monoisotopic (exact) mass is 137 g/mol. The minimum Gasteiger partial charge on any atom is -0.300 e. The van der Waals surface area contributed by atoms with Crippen molar-refractivity contribution in [3.63, 3.8) is 0 Å². The molecule has 0 rings (SSSR count). The Hall–Kier alpha value is 0.670. The van der Waals surface area contributed by atoms with Gasteiger partial charge in [-0.3, -0.25) is 0 Å². The molecule has 49 valence electrons. The van der Waals surface area contributed by atoms with E-state index in [4.69, 9.17) is 0 Å². The minimum absolute atomic E-state index is 0. The topological polar surface area (TPSA) is 17.1 Å². The molecule has 0 saturated carbocycles. The van der Waals surface area contributed by atoms with E-state index in [0.29, 0.717) is 5.78 Å². The smallest absolute Gasteiger partial charge is 0.129 e. The molecule has 1 nitrogen and oxygen atoms in total. The normalized spacial score (nSPS) is 8.22. The first-order valence-electron chi connectivity index (χ1n) is 3.26. The predicted octanol–water partition coefficient (Wildman–Crippen LogP) is 1.77. The van der Waals surface area contributed by atoms with Gasteiger partial charge >= 0.3 is 0 Å². The number of hydrogen-bond donors (Lipinski definition) is 0. The van der Waals surface area contributed by atoms with E-state index in [2.05, 4.69) is 6.92 Å². The number of rotatable bonds is 4. The molecule has 0 bridgehead atoms. The van der Waals surface area contributed by atoms with Gasteiger partial charge in [0.25, 0.3) is 0 Å². The summed E-state index contributed by atoms with van der Waals surface area (Å²) in [4.78, 5) is 10.3. The van der Waals surface area contributed by atoms with Gasteiger partial charge in [-0.2, -0.15) is 0 Å². The summed E-state index contributed by atoms with van der Waals surface area (Å²) in [6.45, 7) is 3.79. The van der Waals surface area contributed by atoms with E-state index in [0.717, 1.165) is 12.8 Å². The van der Waals surface area contributed by atoms with Crippen molar-refractivity contribution in [1.82, 2.24) is 0 Å². The van der Waals surface area contributed by atoms with Gasteiger partial charge in [-0.15, -0.1) is 0 Å². The van der Waals surface area contributed by atoms with Gasteiger partial charge < -0.3 is 4.79 Å². The Bertz CT molecular complexity index is 71.3. The van der Waals surface area contributed by atoms with Crippen LogP contribution in [0.3, 0.4) is 0 Å². The Morgan fingerprint density at radius 1 is 1.33 bits per heavy atom. The van der Waals surface area contributed by atoms with E-state index >= 15 is 0 Å². The molecule has 1 radical (unpaired) electrons. The maximum absolute atomic E-state index is 10.3. The molecule has 0 atom stereocenters. The summed E-state index contributed by atoms with van der Waals surface area (Å²) in [6, 6.07) is 0. The summed E-state index contributed by atoms with van der Waals surface area (Å²) in [6.07, 6.45) is 4.24. The van der Waals surface area contributed by atoms with Crippen molar-refractivity contribution >= 4 is 35.3 Å². The van der Waals surface area contributed by atoms with Crippen molar-refractivity contribution in [2.24, 2.45) is 0 Å². The molecule has 0 amide bonds. The molecule has 0 aromatic heterocycles.